The topological polar surface area (TPSA) is 63.2 Å². The number of thiazole rings is 2. The number of rotatable bonds is 6. The molecule has 37 heavy (non-hydrogen) atoms. The van der Waals surface area contributed by atoms with Crippen LogP contribution in [0.3, 0.4) is 0 Å². The van der Waals surface area contributed by atoms with E-state index in [1.165, 1.54) is 34.8 Å². The number of alkyl halides is 3. The van der Waals surface area contributed by atoms with E-state index in [0.29, 0.717) is 35.5 Å². The first-order valence-corrected chi connectivity index (χ1v) is 13.5. The van der Waals surface area contributed by atoms with Gasteiger partial charge in [0.1, 0.15) is 10.7 Å². The molecule has 3 heterocycles. The summed E-state index contributed by atoms with van der Waals surface area (Å²) in [6.45, 7) is 1.07. The Morgan fingerprint density at radius 3 is 2.41 bits per heavy atom. The van der Waals surface area contributed by atoms with Crippen LogP contribution in [0.4, 0.5) is 13.2 Å². The van der Waals surface area contributed by atoms with Crippen LogP contribution in [0.25, 0.3) is 11.1 Å². The molecule has 1 aliphatic rings. The Kier molecular flexibility index (Phi) is 7.21. The largest absolute Gasteiger partial charge is 0.416 e. The molecule has 0 aliphatic carbocycles. The van der Waals surface area contributed by atoms with Crippen LogP contribution in [0, 0.1) is 0 Å². The third kappa shape index (κ3) is 5.65. The summed E-state index contributed by atoms with van der Waals surface area (Å²) in [5.41, 5.74) is 1.36. The van der Waals surface area contributed by atoms with Crippen molar-refractivity contribution in [2.45, 2.75) is 31.4 Å². The van der Waals surface area contributed by atoms with Crippen molar-refractivity contribution < 1.29 is 22.8 Å². The molecular formula is C27H22F3N3O2S2. The van der Waals surface area contributed by atoms with Gasteiger partial charge in [0, 0.05) is 41.5 Å². The van der Waals surface area contributed by atoms with Crippen LogP contribution in [0.5, 0.6) is 0 Å². The van der Waals surface area contributed by atoms with Gasteiger partial charge in [-0.05, 0) is 42.2 Å². The second-order valence-electron chi connectivity index (χ2n) is 8.78. The van der Waals surface area contributed by atoms with E-state index < -0.39 is 11.7 Å². The fourth-order valence-corrected chi connectivity index (χ4v) is 6.04. The zero-order chi connectivity index (χ0) is 26.0. The van der Waals surface area contributed by atoms with Gasteiger partial charge >= 0.3 is 6.18 Å². The highest BCUT2D eigenvalue weighted by Gasteiger charge is 2.31. The van der Waals surface area contributed by atoms with E-state index in [1.54, 1.807) is 40.7 Å². The summed E-state index contributed by atoms with van der Waals surface area (Å²) in [6.07, 6.45) is -1.04. The van der Waals surface area contributed by atoms with Gasteiger partial charge in [-0.1, -0.05) is 30.3 Å². The van der Waals surface area contributed by atoms with Gasteiger partial charge in [-0.2, -0.15) is 13.2 Å². The number of amides is 1. The smallest absolute Gasteiger partial charge is 0.339 e. The van der Waals surface area contributed by atoms with Crippen molar-refractivity contribution >= 4 is 34.4 Å². The second kappa shape index (κ2) is 10.5. The number of piperidine rings is 1. The number of nitrogens with zero attached hydrogens (tertiary/aromatic N) is 3. The molecule has 1 fully saturated rings. The van der Waals surface area contributed by atoms with Gasteiger partial charge in [0.05, 0.1) is 17.0 Å². The molecule has 0 saturated carbocycles. The molecular weight excluding hydrogens is 519 g/mol. The van der Waals surface area contributed by atoms with Crippen molar-refractivity contribution in [2.24, 2.45) is 0 Å². The Morgan fingerprint density at radius 1 is 1.00 bits per heavy atom. The predicted molar refractivity (Wildman–Crippen MR) is 137 cm³/mol. The molecule has 2 aromatic heterocycles. The van der Waals surface area contributed by atoms with Crippen molar-refractivity contribution in [2.75, 3.05) is 13.1 Å². The Hall–Kier alpha value is -3.37. The summed E-state index contributed by atoms with van der Waals surface area (Å²) in [6, 6.07) is 11.9. The summed E-state index contributed by atoms with van der Waals surface area (Å²) in [4.78, 5) is 36.4. The average molecular weight is 542 g/mol. The molecule has 5 nitrogen and oxygen atoms in total. The summed E-state index contributed by atoms with van der Waals surface area (Å²) in [7, 11) is 0. The van der Waals surface area contributed by atoms with Gasteiger partial charge in [0.25, 0.3) is 5.91 Å². The molecule has 0 bridgehead atoms. The number of halogens is 3. The lowest BCUT2D eigenvalue weighted by molar-refractivity contribution is -0.137. The van der Waals surface area contributed by atoms with Gasteiger partial charge in [-0.15, -0.1) is 22.7 Å². The molecule has 1 amide bonds. The van der Waals surface area contributed by atoms with Crippen LogP contribution < -0.4 is 0 Å². The molecule has 1 saturated heterocycles. The van der Waals surface area contributed by atoms with Gasteiger partial charge in [-0.3, -0.25) is 9.59 Å². The van der Waals surface area contributed by atoms with Gasteiger partial charge in [-0.25, -0.2) is 9.97 Å². The molecule has 10 heteroatoms. The minimum absolute atomic E-state index is 0.0510. The average Bonchev–Trinajstić information content (AvgIpc) is 3.61. The molecule has 0 unspecified atom stereocenters. The van der Waals surface area contributed by atoms with Crippen LogP contribution in [0.2, 0.25) is 0 Å². The van der Waals surface area contributed by atoms with Crippen LogP contribution in [0.1, 0.15) is 55.2 Å². The SMILES string of the molecule is O=C(Cc1nccs1)c1csc(C2CCN(C(=O)c3ccccc3-c3ccc(C(F)(F)F)cc3)CC2)n1. The summed E-state index contributed by atoms with van der Waals surface area (Å²) < 4.78 is 38.9. The first-order chi connectivity index (χ1) is 17.8. The van der Waals surface area contributed by atoms with E-state index in [4.69, 9.17) is 0 Å². The molecule has 0 spiro atoms. The number of Topliss-reactive ketones (excluding diaryl/α,β-unsaturated/α-hetero) is 1. The number of carbonyl (C=O) groups is 2. The Balaban J connectivity index is 1.24. The third-order valence-electron chi connectivity index (χ3n) is 6.41. The van der Waals surface area contributed by atoms with Crippen LogP contribution >= 0.6 is 22.7 Å². The van der Waals surface area contributed by atoms with Crippen molar-refractivity contribution in [3.63, 3.8) is 0 Å². The number of hydrogen-bond donors (Lipinski definition) is 0. The number of ketones is 1. The standard InChI is InChI=1S/C27H22F3N3O2S2/c28-27(29,30)19-7-5-17(6-8-19)20-3-1-2-4-21(20)26(35)33-12-9-18(10-13-33)25-32-22(16-37-25)23(34)15-24-31-11-14-36-24/h1-8,11,14,16,18H,9-10,12-13,15H2. The first kappa shape index (κ1) is 25.3. The lowest BCUT2D eigenvalue weighted by Gasteiger charge is -2.31. The van der Waals surface area contributed by atoms with Crippen molar-refractivity contribution in [1.29, 1.82) is 0 Å². The second-order valence-corrected chi connectivity index (χ2v) is 10.7. The molecule has 0 radical (unpaired) electrons. The van der Waals surface area contributed by atoms with Crippen LogP contribution in [0.15, 0.2) is 65.5 Å². The zero-order valence-electron chi connectivity index (χ0n) is 19.6. The van der Waals surface area contributed by atoms with E-state index in [2.05, 4.69) is 9.97 Å². The summed E-state index contributed by atoms with van der Waals surface area (Å²) in [5.74, 6) is -0.0297. The van der Waals surface area contributed by atoms with E-state index in [-0.39, 0.29) is 24.0 Å². The van der Waals surface area contributed by atoms with Crippen LogP contribution in [-0.2, 0) is 12.6 Å². The third-order valence-corrected chi connectivity index (χ3v) is 8.20. The minimum atomic E-state index is -4.41. The van der Waals surface area contributed by atoms with Gasteiger partial charge in [0.15, 0.2) is 5.78 Å². The van der Waals surface area contributed by atoms with Crippen molar-refractivity contribution in [3.8, 4) is 11.1 Å². The maximum Gasteiger partial charge on any atom is 0.416 e. The molecule has 5 rings (SSSR count). The number of benzene rings is 2. The molecule has 2 aromatic carbocycles. The Bertz CT molecular complexity index is 1390. The number of aromatic nitrogens is 2. The first-order valence-electron chi connectivity index (χ1n) is 11.7. The van der Waals surface area contributed by atoms with Crippen molar-refractivity contribution in [1.82, 2.24) is 14.9 Å². The lowest BCUT2D eigenvalue weighted by Crippen LogP contribution is -2.38. The van der Waals surface area contributed by atoms with Crippen molar-refractivity contribution in [3.05, 3.63) is 92.3 Å². The normalized spacial score (nSPS) is 14.6. The molecule has 0 N–H and O–H groups in total. The Labute approximate surface area is 219 Å². The molecule has 0 atom stereocenters. The highest BCUT2D eigenvalue weighted by molar-refractivity contribution is 7.10. The van der Waals surface area contributed by atoms with E-state index in [0.717, 1.165) is 35.0 Å². The highest BCUT2D eigenvalue weighted by atomic mass is 32.1. The van der Waals surface area contributed by atoms with E-state index in [9.17, 15) is 22.8 Å². The van der Waals surface area contributed by atoms with Gasteiger partial charge < -0.3 is 4.90 Å². The van der Waals surface area contributed by atoms with E-state index >= 15 is 0 Å². The highest BCUT2D eigenvalue weighted by Crippen LogP contribution is 2.34. The molecule has 190 valence electrons. The maximum atomic E-state index is 13.4. The fourth-order valence-electron chi connectivity index (χ4n) is 4.43. The van der Waals surface area contributed by atoms with Crippen LogP contribution in [-0.4, -0.2) is 39.6 Å². The molecule has 1 aliphatic heterocycles. The quantitative estimate of drug-likeness (QED) is 0.254. The van der Waals surface area contributed by atoms with Gasteiger partial charge in [0.2, 0.25) is 0 Å². The monoisotopic (exact) mass is 541 g/mol. The van der Waals surface area contributed by atoms with E-state index in [1.807, 2.05) is 5.38 Å². The fraction of sp³-hybridized carbons (Fsp3) is 0.259. The Morgan fingerprint density at radius 2 is 1.73 bits per heavy atom. The summed E-state index contributed by atoms with van der Waals surface area (Å²) in [5, 5.41) is 5.30. The zero-order valence-corrected chi connectivity index (χ0v) is 21.2. The lowest BCUT2D eigenvalue weighted by atomic mass is 9.94. The number of carbonyl (C=O) groups excluding carboxylic acids is 2. The minimum Gasteiger partial charge on any atom is -0.339 e. The maximum absolute atomic E-state index is 13.4. The predicted octanol–water partition coefficient (Wildman–Crippen LogP) is 6.73. The molecule has 4 aromatic rings. The summed E-state index contributed by atoms with van der Waals surface area (Å²) >= 11 is 2.92. The number of likely N-dealkylation sites (tertiary alicyclic amines) is 1. The number of hydrogen-bond acceptors (Lipinski definition) is 6.